The van der Waals surface area contributed by atoms with Crippen molar-refractivity contribution in [2.24, 2.45) is 0 Å². The van der Waals surface area contributed by atoms with E-state index in [1.54, 1.807) is 4.31 Å². The third-order valence-corrected chi connectivity index (χ3v) is 6.95. The third kappa shape index (κ3) is 5.78. The Balaban J connectivity index is 1.40. The highest BCUT2D eigenvalue weighted by Gasteiger charge is 2.28. The molecule has 1 unspecified atom stereocenters. The number of benzene rings is 1. The molecule has 0 spiro atoms. The summed E-state index contributed by atoms with van der Waals surface area (Å²) in [6.45, 7) is 2.61. The van der Waals surface area contributed by atoms with Crippen LogP contribution in [0.1, 0.15) is 37.7 Å². The van der Waals surface area contributed by atoms with Crippen molar-refractivity contribution in [2.45, 2.75) is 50.7 Å². The summed E-state index contributed by atoms with van der Waals surface area (Å²) in [5, 5.41) is 0. The predicted octanol–water partition coefficient (Wildman–Crippen LogP) is 2.61. The summed E-state index contributed by atoms with van der Waals surface area (Å²) in [5.41, 5.74) is 1.07. The molecule has 140 valence electrons. The highest BCUT2D eigenvalue weighted by molar-refractivity contribution is 7.89. The van der Waals surface area contributed by atoms with Crippen molar-refractivity contribution in [2.75, 3.05) is 32.1 Å². The zero-order chi connectivity index (χ0) is 17.5. The zero-order valence-electron chi connectivity index (χ0n) is 14.8. The fraction of sp³-hybridized carbons (Fsp3) is 0.684. The van der Waals surface area contributed by atoms with Crippen molar-refractivity contribution in [1.29, 1.82) is 0 Å². The molecular formula is C19H29NO4S. The fourth-order valence-electron chi connectivity index (χ4n) is 3.48. The van der Waals surface area contributed by atoms with Crippen molar-refractivity contribution in [1.82, 2.24) is 4.31 Å². The molecule has 1 aromatic rings. The molecule has 0 bridgehead atoms. The Morgan fingerprint density at radius 1 is 1.08 bits per heavy atom. The second-order valence-corrected chi connectivity index (χ2v) is 9.06. The van der Waals surface area contributed by atoms with E-state index in [2.05, 4.69) is 0 Å². The molecule has 0 aliphatic carbocycles. The van der Waals surface area contributed by atoms with Crippen LogP contribution in [0.2, 0.25) is 0 Å². The van der Waals surface area contributed by atoms with Crippen LogP contribution >= 0.6 is 0 Å². The van der Waals surface area contributed by atoms with Crippen LogP contribution in [0.25, 0.3) is 0 Å². The average Bonchev–Trinajstić information content (AvgIpc) is 2.67. The summed E-state index contributed by atoms with van der Waals surface area (Å²) in [6, 6.07) is 9.79. The van der Waals surface area contributed by atoms with Gasteiger partial charge in [0.2, 0.25) is 10.0 Å². The summed E-state index contributed by atoms with van der Waals surface area (Å²) in [6.07, 6.45) is 5.94. The van der Waals surface area contributed by atoms with Gasteiger partial charge in [-0.05, 0) is 44.1 Å². The van der Waals surface area contributed by atoms with E-state index in [0.717, 1.165) is 37.9 Å². The normalized spacial score (nSPS) is 23.6. The number of ether oxygens (including phenoxy) is 2. The average molecular weight is 368 g/mol. The molecule has 25 heavy (non-hydrogen) atoms. The Hall–Kier alpha value is -0.950. The Labute approximate surface area is 151 Å². The zero-order valence-corrected chi connectivity index (χ0v) is 15.6. The minimum absolute atomic E-state index is 0.158. The highest BCUT2D eigenvalue weighted by atomic mass is 32.2. The minimum Gasteiger partial charge on any atom is -0.376 e. The molecule has 1 aromatic carbocycles. The summed E-state index contributed by atoms with van der Waals surface area (Å²) in [4.78, 5) is 0. The molecule has 0 amide bonds. The van der Waals surface area contributed by atoms with Gasteiger partial charge in [-0.3, -0.25) is 0 Å². The van der Waals surface area contributed by atoms with E-state index in [0.29, 0.717) is 26.1 Å². The molecular weight excluding hydrogens is 338 g/mol. The van der Waals surface area contributed by atoms with Crippen LogP contribution in [0.15, 0.2) is 30.3 Å². The van der Waals surface area contributed by atoms with Gasteiger partial charge >= 0.3 is 0 Å². The van der Waals surface area contributed by atoms with Crippen molar-refractivity contribution < 1.29 is 17.9 Å². The third-order valence-electron chi connectivity index (χ3n) is 5.08. The Morgan fingerprint density at radius 2 is 1.84 bits per heavy atom. The van der Waals surface area contributed by atoms with Gasteiger partial charge in [-0.15, -0.1) is 0 Å². The number of sulfonamides is 1. The lowest BCUT2D eigenvalue weighted by Crippen LogP contribution is -2.42. The number of nitrogens with zero attached hydrogens (tertiary/aromatic N) is 1. The number of aryl methyl sites for hydroxylation is 1. The first-order valence-electron chi connectivity index (χ1n) is 9.38. The molecule has 0 radical (unpaired) electrons. The lowest BCUT2D eigenvalue weighted by atomic mass is 10.1. The number of hydrogen-bond donors (Lipinski definition) is 0. The van der Waals surface area contributed by atoms with E-state index in [1.165, 1.54) is 6.42 Å². The molecule has 2 aliphatic rings. The second-order valence-electron chi connectivity index (χ2n) is 6.97. The quantitative estimate of drug-likeness (QED) is 0.743. The Kier molecular flexibility index (Phi) is 6.87. The molecule has 0 N–H and O–H groups in total. The molecule has 6 heteroatoms. The maximum absolute atomic E-state index is 12.5. The smallest absolute Gasteiger partial charge is 0.214 e. The van der Waals surface area contributed by atoms with Gasteiger partial charge in [-0.2, -0.15) is 0 Å². The standard InChI is InChI=1S/C19H29NO4S/c21-25(22,15-11-17-6-2-1-3-7-17)20-12-9-18(10-13-20)24-16-19-8-4-5-14-23-19/h1-3,6-7,18-19H,4-5,8-16H2. The van der Waals surface area contributed by atoms with E-state index in [4.69, 9.17) is 9.47 Å². The van der Waals surface area contributed by atoms with Crippen LogP contribution < -0.4 is 0 Å². The molecule has 0 saturated carbocycles. The van der Waals surface area contributed by atoms with Crippen LogP contribution in [0.4, 0.5) is 0 Å². The van der Waals surface area contributed by atoms with Gasteiger partial charge in [0.25, 0.3) is 0 Å². The largest absolute Gasteiger partial charge is 0.376 e. The maximum atomic E-state index is 12.5. The van der Waals surface area contributed by atoms with Crippen molar-refractivity contribution in [3.8, 4) is 0 Å². The van der Waals surface area contributed by atoms with Crippen LogP contribution in [0, 0.1) is 0 Å². The summed E-state index contributed by atoms with van der Waals surface area (Å²) in [5.74, 6) is 0.179. The van der Waals surface area contributed by atoms with E-state index < -0.39 is 10.0 Å². The van der Waals surface area contributed by atoms with Crippen molar-refractivity contribution in [3.63, 3.8) is 0 Å². The van der Waals surface area contributed by atoms with Crippen LogP contribution in [0.3, 0.4) is 0 Å². The van der Waals surface area contributed by atoms with Gasteiger partial charge in [0, 0.05) is 19.7 Å². The predicted molar refractivity (Wildman–Crippen MR) is 98.1 cm³/mol. The summed E-state index contributed by atoms with van der Waals surface area (Å²) < 4.78 is 38.4. The summed E-state index contributed by atoms with van der Waals surface area (Å²) >= 11 is 0. The molecule has 5 nitrogen and oxygen atoms in total. The van der Waals surface area contributed by atoms with E-state index in [9.17, 15) is 8.42 Å². The van der Waals surface area contributed by atoms with Crippen molar-refractivity contribution in [3.05, 3.63) is 35.9 Å². The van der Waals surface area contributed by atoms with Gasteiger partial charge in [0.05, 0.1) is 24.6 Å². The lowest BCUT2D eigenvalue weighted by Gasteiger charge is -2.32. The minimum atomic E-state index is -3.19. The van der Waals surface area contributed by atoms with Gasteiger partial charge in [0.1, 0.15) is 0 Å². The van der Waals surface area contributed by atoms with Crippen molar-refractivity contribution >= 4 is 10.0 Å². The van der Waals surface area contributed by atoms with Crippen LogP contribution in [0.5, 0.6) is 0 Å². The van der Waals surface area contributed by atoms with E-state index >= 15 is 0 Å². The fourth-order valence-corrected chi connectivity index (χ4v) is 5.00. The van der Waals surface area contributed by atoms with E-state index in [-0.39, 0.29) is 18.0 Å². The topological polar surface area (TPSA) is 55.8 Å². The van der Waals surface area contributed by atoms with Crippen LogP contribution in [-0.4, -0.2) is 57.0 Å². The first kappa shape index (κ1) is 18.8. The Bertz CT molecular complexity index is 606. The molecule has 2 fully saturated rings. The molecule has 2 heterocycles. The van der Waals surface area contributed by atoms with Gasteiger partial charge in [-0.1, -0.05) is 30.3 Å². The molecule has 3 rings (SSSR count). The van der Waals surface area contributed by atoms with Gasteiger partial charge in [-0.25, -0.2) is 12.7 Å². The Morgan fingerprint density at radius 3 is 2.52 bits per heavy atom. The first-order valence-corrected chi connectivity index (χ1v) is 11.0. The summed E-state index contributed by atoms with van der Waals surface area (Å²) in [7, 11) is -3.19. The molecule has 2 saturated heterocycles. The molecule has 0 aromatic heterocycles. The van der Waals surface area contributed by atoms with Crippen LogP contribution in [-0.2, 0) is 25.9 Å². The monoisotopic (exact) mass is 367 g/mol. The SMILES string of the molecule is O=S(=O)(CCc1ccccc1)N1CCC(OCC2CCCCO2)CC1. The second kappa shape index (κ2) is 9.12. The highest BCUT2D eigenvalue weighted by Crippen LogP contribution is 2.20. The lowest BCUT2D eigenvalue weighted by molar-refractivity contribution is -0.0714. The number of piperidine rings is 1. The molecule has 2 aliphatic heterocycles. The maximum Gasteiger partial charge on any atom is 0.214 e. The van der Waals surface area contributed by atoms with E-state index in [1.807, 2.05) is 30.3 Å². The first-order chi connectivity index (χ1) is 12.1. The van der Waals surface area contributed by atoms with Gasteiger partial charge < -0.3 is 9.47 Å². The number of hydrogen-bond acceptors (Lipinski definition) is 4. The molecule has 1 atom stereocenters. The van der Waals surface area contributed by atoms with Gasteiger partial charge in [0.15, 0.2) is 0 Å². The number of rotatable bonds is 7.